The summed E-state index contributed by atoms with van der Waals surface area (Å²) in [6, 6.07) is 6.90. The number of aromatic nitrogens is 2. The predicted octanol–water partition coefficient (Wildman–Crippen LogP) is 5.12. The molecule has 0 bridgehead atoms. The van der Waals surface area contributed by atoms with Gasteiger partial charge in [-0.2, -0.15) is 0 Å². The molecule has 0 fully saturated rings. The maximum Gasteiger partial charge on any atom is 0.276 e. The van der Waals surface area contributed by atoms with Gasteiger partial charge in [0.15, 0.2) is 0 Å². The monoisotopic (exact) mass is 370 g/mol. The molecule has 0 saturated carbocycles. The van der Waals surface area contributed by atoms with Crippen LogP contribution in [0, 0.1) is 6.92 Å². The summed E-state index contributed by atoms with van der Waals surface area (Å²) in [4.78, 5) is 0. The number of thioether (sulfide) groups is 1. The van der Waals surface area contributed by atoms with Gasteiger partial charge < -0.3 is 13.6 Å². The molecule has 3 rings (SSSR count). The summed E-state index contributed by atoms with van der Waals surface area (Å²) in [5.41, 5.74) is 0.800. The number of halogens is 2. The predicted molar refractivity (Wildman–Crippen MR) is 89.4 cm³/mol. The van der Waals surface area contributed by atoms with Crippen molar-refractivity contribution in [3.05, 3.63) is 46.3 Å². The van der Waals surface area contributed by atoms with E-state index in [0.29, 0.717) is 39.3 Å². The lowest BCUT2D eigenvalue weighted by Crippen LogP contribution is -2.00. The maximum absolute atomic E-state index is 6.03. The Kier molecular flexibility index (Phi) is 5.15. The summed E-state index contributed by atoms with van der Waals surface area (Å²) >= 11 is 13.3. The number of rotatable bonds is 6. The third-order valence-electron chi connectivity index (χ3n) is 2.96. The summed E-state index contributed by atoms with van der Waals surface area (Å²) in [6.45, 7) is 2.30. The Morgan fingerprint density at radius 3 is 2.83 bits per heavy atom. The highest BCUT2D eigenvalue weighted by Gasteiger charge is 2.13. The van der Waals surface area contributed by atoms with E-state index in [-0.39, 0.29) is 0 Å². The van der Waals surface area contributed by atoms with Crippen LogP contribution >= 0.6 is 35.0 Å². The SMILES string of the molecule is Cc1occc1-c1nnc(SCCOc2ccc(Cl)cc2Cl)o1. The number of hydrogen-bond donors (Lipinski definition) is 0. The van der Waals surface area contributed by atoms with Crippen molar-refractivity contribution >= 4 is 35.0 Å². The quantitative estimate of drug-likeness (QED) is 0.443. The minimum atomic E-state index is 0.445. The maximum atomic E-state index is 6.03. The summed E-state index contributed by atoms with van der Waals surface area (Å²) in [7, 11) is 0. The Hall–Kier alpha value is -1.63. The van der Waals surface area contributed by atoms with Crippen LogP contribution in [0.5, 0.6) is 5.75 Å². The van der Waals surface area contributed by atoms with Crippen molar-refractivity contribution in [1.82, 2.24) is 10.2 Å². The lowest BCUT2D eigenvalue weighted by atomic mass is 10.3. The number of benzene rings is 1. The molecule has 0 unspecified atom stereocenters. The lowest BCUT2D eigenvalue weighted by Gasteiger charge is -2.06. The molecular weight excluding hydrogens is 359 g/mol. The zero-order valence-electron chi connectivity index (χ0n) is 12.1. The molecule has 0 radical (unpaired) electrons. The van der Waals surface area contributed by atoms with Crippen LogP contribution in [0.2, 0.25) is 10.0 Å². The topological polar surface area (TPSA) is 61.3 Å². The van der Waals surface area contributed by atoms with Crippen LogP contribution in [0.25, 0.3) is 11.5 Å². The van der Waals surface area contributed by atoms with Gasteiger partial charge in [0.2, 0.25) is 0 Å². The first-order valence-corrected chi connectivity index (χ1v) is 8.46. The number of hydrogen-bond acceptors (Lipinski definition) is 6. The van der Waals surface area contributed by atoms with Crippen LogP contribution in [-0.2, 0) is 0 Å². The Morgan fingerprint density at radius 1 is 1.22 bits per heavy atom. The molecule has 0 aliphatic heterocycles. The Balaban J connectivity index is 1.51. The molecule has 3 aromatic rings. The lowest BCUT2D eigenvalue weighted by molar-refractivity contribution is 0.343. The van der Waals surface area contributed by atoms with E-state index in [1.54, 1.807) is 30.5 Å². The van der Waals surface area contributed by atoms with Gasteiger partial charge in [-0.25, -0.2) is 0 Å². The fourth-order valence-corrected chi connectivity index (χ4v) is 2.90. The second kappa shape index (κ2) is 7.29. The van der Waals surface area contributed by atoms with Gasteiger partial charge in [0.25, 0.3) is 11.1 Å². The highest BCUT2D eigenvalue weighted by molar-refractivity contribution is 7.99. The summed E-state index contributed by atoms with van der Waals surface area (Å²) < 4.78 is 16.4. The van der Waals surface area contributed by atoms with Gasteiger partial charge in [-0.15, -0.1) is 10.2 Å². The van der Waals surface area contributed by atoms with Crippen LogP contribution in [-0.4, -0.2) is 22.6 Å². The van der Waals surface area contributed by atoms with E-state index in [1.165, 1.54) is 11.8 Å². The Bertz CT molecular complexity index is 804. The standard InChI is InChI=1S/C15H12Cl2N2O3S/c1-9-11(4-5-20-9)14-18-19-15(22-14)23-7-6-21-13-3-2-10(16)8-12(13)17/h2-5,8H,6-7H2,1H3. The van der Waals surface area contributed by atoms with E-state index in [0.717, 1.165) is 11.3 Å². The van der Waals surface area contributed by atoms with Gasteiger partial charge >= 0.3 is 0 Å². The van der Waals surface area contributed by atoms with Gasteiger partial charge in [0, 0.05) is 10.8 Å². The third-order valence-corrected chi connectivity index (χ3v) is 4.27. The molecule has 0 N–H and O–H groups in total. The number of aryl methyl sites for hydroxylation is 1. The van der Waals surface area contributed by atoms with E-state index in [4.69, 9.17) is 36.8 Å². The molecule has 0 amide bonds. The van der Waals surface area contributed by atoms with E-state index < -0.39 is 0 Å². The summed E-state index contributed by atoms with van der Waals surface area (Å²) in [6.07, 6.45) is 1.59. The summed E-state index contributed by atoms with van der Waals surface area (Å²) in [5, 5.41) is 9.53. The molecule has 0 atom stereocenters. The average molecular weight is 371 g/mol. The molecule has 0 spiro atoms. The highest BCUT2D eigenvalue weighted by Crippen LogP contribution is 2.29. The average Bonchev–Trinajstić information content (AvgIpc) is 3.14. The van der Waals surface area contributed by atoms with Gasteiger partial charge in [-0.3, -0.25) is 0 Å². The van der Waals surface area contributed by atoms with E-state index in [9.17, 15) is 0 Å². The van der Waals surface area contributed by atoms with E-state index in [2.05, 4.69) is 10.2 Å². The molecule has 0 aliphatic rings. The minimum Gasteiger partial charge on any atom is -0.491 e. The Morgan fingerprint density at radius 2 is 2.09 bits per heavy atom. The molecule has 1 aromatic carbocycles. The van der Waals surface area contributed by atoms with Gasteiger partial charge in [0.05, 0.1) is 23.5 Å². The Labute approximate surface area is 146 Å². The molecule has 0 saturated heterocycles. The molecule has 5 nitrogen and oxygen atoms in total. The van der Waals surface area contributed by atoms with Crippen molar-refractivity contribution in [2.45, 2.75) is 12.1 Å². The number of nitrogens with zero attached hydrogens (tertiary/aromatic N) is 2. The molecule has 120 valence electrons. The molecule has 23 heavy (non-hydrogen) atoms. The first kappa shape index (κ1) is 16.2. The van der Waals surface area contributed by atoms with Gasteiger partial charge in [0.1, 0.15) is 11.5 Å². The largest absolute Gasteiger partial charge is 0.491 e. The minimum absolute atomic E-state index is 0.445. The summed E-state index contributed by atoms with van der Waals surface area (Å²) in [5.74, 6) is 2.42. The van der Waals surface area contributed by atoms with Gasteiger partial charge in [-0.05, 0) is 31.2 Å². The third kappa shape index (κ3) is 4.02. The van der Waals surface area contributed by atoms with Crippen LogP contribution in [0.15, 0.2) is 44.6 Å². The van der Waals surface area contributed by atoms with Crippen molar-refractivity contribution in [1.29, 1.82) is 0 Å². The first-order chi connectivity index (χ1) is 11.1. The van der Waals surface area contributed by atoms with Crippen LogP contribution in [0.3, 0.4) is 0 Å². The van der Waals surface area contributed by atoms with Crippen LogP contribution < -0.4 is 4.74 Å². The van der Waals surface area contributed by atoms with Crippen LogP contribution in [0.4, 0.5) is 0 Å². The first-order valence-electron chi connectivity index (χ1n) is 6.72. The molecule has 2 heterocycles. The fraction of sp³-hybridized carbons (Fsp3) is 0.200. The molecule has 2 aromatic heterocycles. The van der Waals surface area contributed by atoms with Gasteiger partial charge in [-0.1, -0.05) is 35.0 Å². The van der Waals surface area contributed by atoms with E-state index >= 15 is 0 Å². The van der Waals surface area contributed by atoms with Crippen molar-refractivity contribution in [2.24, 2.45) is 0 Å². The molecule has 0 aliphatic carbocycles. The van der Waals surface area contributed by atoms with Crippen molar-refractivity contribution < 1.29 is 13.6 Å². The van der Waals surface area contributed by atoms with Crippen molar-refractivity contribution in [3.63, 3.8) is 0 Å². The molecule has 8 heteroatoms. The van der Waals surface area contributed by atoms with E-state index in [1.807, 2.05) is 6.92 Å². The van der Waals surface area contributed by atoms with Crippen molar-refractivity contribution in [2.75, 3.05) is 12.4 Å². The fourth-order valence-electron chi connectivity index (χ4n) is 1.86. The number of furan rings is 1. The second-order valence-electron chi connectivity index (χ2n) is 4.54. The molecular formula is C15H12Cl2N2O3S. The van der Waals surface area contributed by atoms with Crippen LogP contribution in [0.1, 0.15) is 5.76 Å². The normalized spacial score (nSPS) is 10.9. The number of ether oxygens (including phenoxy) is 1. The zero-order valence-corrected chi connectivity index (χ0v) is 14.4. The smallest absolute Gasteiger partial charge is 0.276 e. The highest BCUT2D eigenvalue weighted by atomic mass is 35.5. The zero-order chi connectivity index (χ0) is 16.2. The second-order valence-corrected chi connectivity index (χ2v) is 6.43. The van der Waals surface area contributed by atoms with Crippen molar-refractivity contribution in [3.8, 4) is 17.2 Å².